The van der Waals surface area contributed by atoms with Gasteiger partial charge < -0.3 is 0 Å². The van der Waals surface area contributed by atoms with Crippen molar-refractivity contribution in [1.82, 2.24) is 10.4 Å². The third-order valence-electron chi connectivity index (χ3n) is 2.56. The number of nitrogens with one attached hydrogen (secondary N) is 1. The predicted octanol–water partition coefficient (Wildman–Crippen LogP) is 3.61. The van der Waals surface area contributed by atoms with Crippen LogP contribution in [0.4, 0.5) is 0 Å². The van der Waals surface area contributed by atoms with Crippen LogP contribution in [0.1, 0.15) is 18.2 Å². The summed E-state index contributed by atoms with van der Waals surface area (Å²) in [7, 11) is 0. The second-order valence-electron chi connectivity index (χ2n) is 4.09. The molecule has 1 aromatic heterocycles. The summed E-state index contributed by atoms with van der Waals surface area (Å²) >= 11 is 6.81. The van der Waals surface area contributed by atoms with E-state index in [2.05, 4.69) is 27.6 Å². The summed E-state index contributed by atoms with van der Waals surface area (Å²) in [4.78, 5) is 4.23. The molecule has 0 bridgehead atoms. The number of thioether (sulfide) groups is 1. The number of hydrazone groups is 1. The zero-order valence-electron chi connectivity index (χ0n) is 11.1. The number of hydrogen-bond acceptors (Lipinski definition) is 4. The molecule has 0 aliphatic rings. The molecule has 0 amide bonds. The van der Waals surface area contributed by atoms with Gasteiger partial charge in [-0.2, -0.15) is 5.10 Å². The Bertz CT molecular complexity index is 583. The highest BCUT2D eigenvalue weighted by Gasteiger charge is 2.00. The van der Waals surface area contributed by atoms with Crippen LogP contribution in [0, 0.1) is 0 Å². The van der Waals surface area contributed by atoms with Gasteiger partial charge in [0, 0.05) is 11.9 Å². The fraction of sp³-hybridized carbons (Fsp3) is 0.133. The topological polar surface area (TPSA) is 37.3 Å². The van der Waals surface area contributed by atoms with Gasteiger partial charge in [0.2, 0.25) is 0 Å². The van der Waals surface area contributed by atoms with Crippen molar-refractivity contribution in [3.8, 4) is 0 Å². The van der Waals surface area contributed by atoms with E-state index in [4.69, 9.17) is 12.2 Å². The molecule has 3 nitrogen and oxygen atoms in total. The highest BCUT2D eigenvalue weighted by atomic mass is 32.2. The van der Waals surface area contributed by atoms with Crippen LogP contribution in [0.2, 0.25) is 0 Å². The maximum Gasteiger partial charge on any atom is 0.154 e. The van der Waals surface area contributed by atoms with E-state index in [-0.39, 0.29) is 0 Å². The van der Waals surface area contributed by atoms with Gasteiger partial charge in [-0.1, -0.05) is 60.4 Å². The molecule has 0 saturated heterocycles. The highest BCUT2D eigenvalue weighted by Crippen LogP contribution is 2.12. The van der Waals surface area contributed by atoms with E-state index in [1.807, 2.05) is 43.3 Å². The Hall–Kier alpha value is -1.72. The molecule has 0 saturated carbocycles. The zero-order valence-corrected chi connectivity index (χ0v) is 12.7. The molecule has 2 rings (SSSR count). The summed E-state index contributed by atoms with van der Waals surface area (Å²) < 4.78 is 0.657. The fourth-order valence-electron chi connectivity index (χ4n) is 1.52. The van der Waals surface area contributed by atoms with Gasteiger partial charge in [0.25, 0.3) is 0 Å². The quantitative estimate of drug-likeness (QED) is 0.532. The van der Waals surface area contributed by atoms with Gasteiger partial charge in [0.1, 0.15) is 0 Å². The number of thiocarbonyl (C=S) groups is 1. The third-order valence-corrected chi connectivity index (χ3v) is 3.84. The number of hydrogen-bond donors (Lipinski definition) is 1. The first-order valence-electron chi connectivity index (χ1n) is 6.18. The van der Waals surface area contributed by atoms with Crippen molar-refractivity contribution in [2.24, 2.45) is 5.10 Å². The summed E-state index contributed by atoms with van der Waals surface area (Å²) in [6, 6.07) is 15.9. The molecule has 1 N–H and O–H groups in total. The van der Waals surface area contributed by atoms with Crippen LogP contribution in [0.3, 0.4) is 0 Å². The summed E-state index contributed by atoms with van der Waals surface area (Å²) in [5.41, 5.74) is 5.79. The van der Waals surface area contributed by atoms with Crippen molar-refractivity contribution in [3.63, 3.8) is 0 Å². The number of benzene rings is 1. The Balaban J connectivity index is 1.83. The second kappa shape index (κ2) is 7.77. The molecule has 5 heteroatoms. The van der Waals surface area contributed by atoms with Crippen LogP contribution < -0.4 is 5.43 Å². The predicted molar refractivity (Wildman–Crippen MR) is 89.9 cm³/mol. The first-order chi connectivity index (χ1) is 9.75. The van der Waals surface area contributed by atoms with E-state index in [0.29, 0.717) is 4.32 Å². The largest absolute Gasteiger partial charge is 0.262 e. The summed E-state index contributed by atoms with van der Waals surface area (Å²) in [6.07, 6.45) is 1.75. The molecule has 20 heavy (non-hydrogen) atoms. The summed E-state index contributed by atoms with van der Waals surface area (Å²) in [5, 5.41) is 4.25. The van der Waals surface area contributed by atoms with Crippen molar-refractivity contribution >= 4 is 34.0 Å². The van der Waals surface area contributed by atoms with Crippen molar-refractivity contribution in [2.75, 3.05) is 0 Å². The Morgan fingerprint density at radius 1 is 1.20 bits per heavy atom. The van der Waals surface area contributed by atoms with Crippen LogP contribution in [0.25, 0.3) is 0 Å². The van der Waals surface area contributed by atoms with Crippen LogP contribution in [-0.4, -0.2) is 15.0 Å². The lowest BCUT2D eigenvalue weighted by atomic mass is 10.2. The van der Waals surface area contributed by atoms with E-state index >= 15 is 0 Å². The SMILES string of the molecule is C/C(=N/NC(=S)SCc1ccccc1)c1ccccn1. The minimum atomic E-state index is 0.657. The second-order valence-corrected chi connectivity index (χ2v) is 5.74. The maximum atomic E-state index is 5.25. The average molecular weight is 301 g/mol. The summed E-state index contributed by atoms with van der Waals surface area (Å²) in [5.74, 6) is 0.838. The van der Waals surface area contributed by atoms with Crippen molar-refractivity contribution < 1.29 is 0 Å². The zero-order chi connectivity index (χ0) is 14.2. The molecule has 0 fully saturated rings. The Kier molecular flexibility index (Phi) is 5.70. The average Bonchev–Trinajstić information content (AvgIpc) is 2.52. The van der Waals surface area contributed by atoms with Gasteiger partial charge in [-0.3, -0.25) is 10.4 Å². The highest BCUT2D eigenvalue weighted by molar-refractivity contribution is 8.22. The lowest BCUT2D eigenvalue weighted by Crippen LogP contribution is -2.14. The molecule has 0 atom stereocenters. The van der Waals surface area contributed by atoms with Gasteiger partial charge >= 0.3 is 0 Å². The molecule has 1 aromatic carbocycles. The molecule has 1 heterocycles. The fourth-order valence-corrected chi connectivity index (χ4v) is 2.34. The minimum Gasteiger partial charge on any atom is -0.262 e. The first kappa shape index (κ1) is 14.7. The van der Waals surface area contributed by atoms with Crippen molar-refractivity contribution in [1.29, 1.82) is 0 Å². The molecule has 102 valence electrons. The van der Waals surface area contributed by atoms with Crippen LogP contribution in [-0.2, 0) is 5.75 Å². The van der Waals surface area contributed by atoms with Crippen molar-refractivity contribution in [2.45, 2.75) is 12.7 Å². The van der Waals surface area contributed by atoms with Gasteiger partial charge in [-0.05, 0) is 24.6 Å². The normalized spacial score (nSPS) is 11.2. The molecule has 0 aliphatic carbocycles. The molecular formula is C15H15N3S2. The monoisotopic (exact) mass is 301 g/mol. The minimum absolute atomic E-state index is 0.657. The standard InChI is InChI=1S/C15H15N3S2/c1-12(14-9-5-6-10-16-14)17-18-15(19)20-11-13-7-3-2-4-8-13/h2-10H,11H2,1H3,(H,18,19)/b17-12-. The van der Waals surface area contributed by atoms with Crippen LogP contribution in [0.5, 0.6) is 0 Å². The van der Waals surface area contributed by atoms with E-state index in [1.54, 1.807) is 18.0 Å². The summed E-state index contributed by atoms with van der Waals surface area (Å²) in [6.45, 7) is 1.90. The molecule has 0 aliphatic heterocycles. The molecule has 0 unspecified atom stereocenters. The van der Waals surface area contributed by atoms with E-state index < -0.39 is 0 Å². The number of rotatable bonds is 4. The van der Waals surface area contributed by atoms with Gasteiger partial charge in [-0.15, -0.1) is 0 Å². The lowest BCUT2D eigenvalue weighted by molar-refractivity contribution is 1.05. The Morgan fingerprint density at radius 3 is 2.65 bits per heavy atom. The lowest BCUT2D eigenvalue weighted by Gasteiger charge is -2.04. The third kappa shape index (κ3) is 4.75. The van der Waals surface area contributed by atoms with Gasteiger partial charge in [-0.25, -0.2) is 0 Å². The maximum absolute atomic E-state index is 5.25. The molecule has 0 spiro atoms. The smallest absolute Gasteiger partial charge is 0.154 e. The first-order valence-corrected chi connectivity index (χ1v) is 7.57. The van der Waals surface area contributed by atoms with Gasteiger partial charge in [0.05, 0.1) is 11.4 Å². The van der Waals surface area contributed by atoms with E-state index in [9.17, 15) is 0 Å². The van der Waals surface area contributed by atoms with Crippen molar-refractivity contribution in [3.05, 3.63) is 66.0 Å². The number of nitrogens with zero attached hydrogens (tertiary/aromatic N) is 2. The van der Waals surface area contributed by atoms with Crippen LogP contribution >= 0.6 is 24.0 Å². The number of pyridine rings is 1. The van der Waals surface area contributed by atoms with Crippen LogP contribution in [0.15, 0.2) is 59.8 Å². The molecule has 0 radical (unpaired) electrons. The Morgan fingerprint density at radius 2 is 1.95 bits per heavy atom. The molecular weight excluding hydrogens is 286 g/mol. The van der Waals surface area contributed by atoms with E-state index in [1.165, 1.54) is 5.56 Å². The van der Waals surface area contributed by atoms with Gasteiger partial charge in [0.15, 0.2) is 4.32 Å². The Labute approximate surface area is 128 Å². The number of aromatic nitrogens is 1. The molecule has 2 aromatic rings. The van der Waals surface area contributed by atoms with E-state index in [0.717, 1.165) is 17.2 Å².